The second-order valence-corrected chi connectivity index (χ2v) is 4.65. The molecular formula is C11H13ClN4. The van der Waals surface area contributed by atoms with Gasteiger partial charge in [-0.3, -0.25) is 4.40 Å². The van der Waals surface area contributed by atoms with E-state index in [1.807, 2.05) is 16.8 Å². The van der Waals surface area contributed by atoms with Gasteiger partial charge in [-0.1, -0.05) is 11.6 Å². The molecule has 0 aliphatic carbocycles. The van der Waals surface area contributed by atoms with Crippen LogP contribution in [0.3, 0.4) is 0 Å². The van der Waals surface area contributed by atoms with Crippen molar-refractivity contribution in [3.05, 3.63) is 29.3 Å². The molecule has 16 heavy (non-hydrogen) atoms. The van der Waals surface area contributed by atoms with Gasteiger partial charge >= 0.3 is 0 Å². The van der Waals surface area contributed by atoms with Crippen LogP contribution in [0.5, 0.6) is 0 Å². The number of fused-ring (bicyclic) bond motifs is 1. The van der Waals surface area contributed by atoms with Crippen molar-refractivity contribution < 1.29 is 0 Å². The Morgan fingerprint density at radius 2 is 2.44 bits per heavy atom. The van der Waals surface area contributed by atoms with Gasteiger partial charge in [0, 0.05) is 24.9 Å². The van der Waals surface area contributed by atoms with Crippen molar-refractivity contribution in [1.29, 1.82) is 0 Å². The summed E-state index contributed by atoms with van der Waals surface area (Å²) in [5.41, 5.74) is 1.08. The van der Waals surface area contributed by atoms with Crippen LogP contribution in [-0.4, -0.2) is 27.0 Å². The van der Waals surface area contributed by atoms with Gasteiger partial charge < -0.3 is 5.32 Å². The largest absolute Gasteiger partial charge is 0.314 e. The first kappa shape index (κ1) is 10.1. The van der Waals surface area contributed by atoms with E-state index in [0.717, 1.165) is 24.4 Å². The maximum Gasteiger partial charge on any atom is 0.234 e. The van der Waals surface area contributed by atoms with Gasteiger partial charge in [0.1, 0.15) is 0 Å². The summed E-state index contributed by atoms with van der Waals surface area (Å²) in [6.45, 7) is 1.13. The number of rotatable bonds is 2. The van der Waals surface area contributed by atoms with E-state index in [0.29, 0.717) is 11.1 Å². The topological polar surface area (TPSA) is 42.2 Å². The van der Waals surface area contributed by atoms with Crippen LogP contribution in [0.1, 0.15) is 18.5 Å². The lowest BCUT2D eigenvalue weighted by Gasteiger charge is -2.06. The predicted octanol–water partition coefficient (Wildman–Crippen LogP) is 1.68. The smallest absolute Gasteiger partial charge is 0.234 e. The lowest BCUT2D eigenvalue weighted by atomic mass is 10.1. The Labute approximate surface area is 98.7 Å². The first-order valence-corrected chi connectivity index (χ1v) is 5.91. The van der Waals surface area contributed by atoms with Crippen LogP contribution in [0, 0.1) is 0 Å². The molecule has 1 atom stereocenters. The number of nitrogens with one attached hydrogen (secondary N) is 1. The molecular weight excluding hydrogens is 224 g/mol. The van der Waals surface area contributed by atoms with E-state index in [2.05, 4.69) is 15.3 Å². The zero-order valence-electron chi connectivity index (χ0n) is 8.86. The second-order valence-electron chi connectivity index (χ2n) is 4.21. The third-order valence-corrected chi connectivity index (χ3v) is 3.14. The van der Waals surface area contributed by atoms with Crippen molar-refractivity contribution in [3.63, 3.8) is 0 Å². The minimum atomic E-state index is 0.570. The van der Waals surface area contributed by atoms with Crippen LogP contribution < -0.4 is 5.32 Å². The third-order valence-electron chi connectivity index (χ3n) is 2.95. The van der Waals surface area contributed by atoms with Crippen LogP contribution in [0.4, 0.5) is 0 Å². The molecule has 1 unspecified atom stereocenters. The van der Waals surface area contributed by atoms with E-state index < -0.39 is 0 Å². The fraction of sp³-hybridized carbons (Fsp3) is 0.455. The molecule has 1 aliphatic heterocycles. The molecule has 1 fully saturated rings. The zero-order chi connectivity index (χ0) is 11.0. The Hall–Kier alpha value is -1.13. The van der Waals surface area contributed by atoms with Crippen molar-refractivity contribution in [3.8, 4) is 0 Å². The molecule has 1 aliphatic rings. The van der Waals surface area contributed by atoms with Gasteiger partial charge in [-0.05, 0) is 19.4 Å². The van der Waals surface area contributed by atoms with Gasteiger partial charge in [-0.15, -0.1) is 0 Å². The molecule has 3 heterocycles. The molecule has 0 bridgehead atoms. The fourth-order valence-corrected chi connectivity index (χ4v) is 2.35. The van der Waals surface area contributed by atoms with Crippen molar-refractivity contribution in [2.24, 2.45) is 0 Å². The normalized spacial score (nSPS) is 20.7. The van der Waals surface area contributed by atoms with Crippen molar-refractivity contribution >= 4 is 17.4 Å². The third kappa shape index (κ3) is 1.90. The number of hydrogen-bond donors (Lipinski definition) is 1. The van der Waals surface area contributed by atoms with Gasteiger partial charge in [-0.2, -0.15) is 0 Å². The molecule has 2 aromatic rings. The molecule has 2 aromatic heterocycles. The molecule has 0 amide bonds. The fourth-order valence-electron chi connectivity index (χ4n) is 2.19. The summed E-state index contributed by atoms with van der Waals surface area (Å²) in [6.07, 6.45) is 8.95. The second kappa shape index (κ2) is 4.03. The molecule has 84 valence electrons. The summed E-state index contributed by atoms with van der Waals surface area (Å²) in [5, 5.41) is 4.10. The highest BCUT2D eigenvalue weighted by atomic mass is 35.5. The molecule has 1 N–H and O–H groups in total. The molecule has 0 spiro atoms. The average molecular weight is 237 g/mol. The zero-order valence-corrected chi connectivity index (χ0v) is 9.61. The molecule has 0 saturated carbocycles. The summed E-state index contributed by atoms with van der Waals surface area (Å²) in [7, 11) is 0. The van der Waals surface area contributed by atoms with Crippen LogP contribution in [0.2, 0.25) is 5.02 Å². The molecule has 0 aromatic carbocycles. The minimum Gasteiger partial charge on any atom is -0.314 e. The number of halogens is 1. The van der Waals surface area contributed by atoms with Crippen molar-refractivity contribution in [2.45, 2.75) is 25.3 Å². The van der Waals surface area contributed by atoms with Gasteiger partial charge in [0.25, 0.3) is 0 Å². The van der Waals surface area contributed by atoms with E-state index in [4.69, 9.17) is 11.6 Å². The maximum absolute atomic E-state index is 5.87. The van der Waals surface area contributed by atoms with E-state index in [1.54, 1.807) is 6.20 Å². The lowest BCUT2D eigenvalue weighted by molar-refractivity contribution is 0.597. The number of nitrogens with zero attached hydrogens (tertiary/aromatic N) is 3. The van der Waals surface area contributed by atoms with Gasteiger partial charge in [0.05, 0.1) is 16.9 Å². The van der Waals surface area contributed by atoms with Gasteiger partial charge in [-0.25, -0.2) is 9.97 Å². The van der Waals surface area contributed by atoms with Crippen LogP contribution >= 0.6 is 11.6 Å². The maximum atomic E-state index is 5.87. The van der Waals surface area contributed by atoms with E-state index in [1.165, 1.54) is 12.8 Å². The highest BCUT2D eigenvalue weighted by molar-refractivity contribution is 6.30. The van der Waals surface area contributed by atoms with E-state index in [-0.39, 0.29) is 0 Å². The summed E-state index contributed by atoms with van der Waals surface area (Å²) in [4.78, 5) is 8.65. The van der Waals surface area contributed by atoms with Gasteiger partial charge in [0.15, 0.2) is 0 Å². The Bertz CT molecular complexity index is 502. The minimum absolute atomic E-state index is 0.570. The Kier molecular flexibility index (Phi) is 2.53. The summed E-state index contributed by atoms with van der Waals surface area (Å²) in [6, 6.07) is 0.570. The summed E-state index contributed by atoms with van der Waals surface area (Å²) in [5.74, 6) is 0.720. The Morgan fingerprint density at radius 1 is 1.50 bits per heavy atom. The van der Waals surface area contributed by atoms with E-state index in [9.17, 15) is 0 Å². The molecule has 1 saturated heterocycles. The van der Waals surface area contributed by atoms with Crippen molar-refractivity contribution in [1.82, 2.24) is 19.7 Å². The number of hydrogen-bond acceptors (Lipinski definition) is 3. The highest BCUT2D eigenvalue weighted by Gasteiger charge is 2.16. The predicted molar refractivity (Wildman–Crippen MR) is 62.7 cm³/mol. The lowest BCUT2D eigenvalue weighted by Crippen LogP contribution is -2.23. The molecule has 5 heteroatoms. The quantitative estimate of drug-likeness (QED) is 0.863. The SMILES string of the molecule is Clc1cnc2nc(CC3CCCN3)cn2c1. The Morgan fingerprint density at radius 3 is 3.25 bits per heavy atom. The van der Waals surface area contributed by atoms with Crippen LogP contribution in [0.25, 0.3) is 5.78 Å². The van der Waals surface area contributed by atoms with Crippen LogP contribution in [-0.2, 0) is 6.42 Å². The van der Waals surface area contributed by atoms with E-state index >= 15 is 0 Å². The standard InChI is InChI=1S/C11H13ClN4/c12-8-5-14-11-15-10(7-16(11)6-8)4-9-2-1-3-13-9/h5-7,9,13H,1-4H2. The molecule has 0 radical (unpaired) electrons. The van der Waals surface area contributed by atoms with Crippen LogP contribution in [0.15, 0.2) is 18.6 Å². The molecule has 3 rings (SSSR count). The summed E-state index contributed by atoms with van der Waals surface area (Å²) >= 11 is 5.87. The Balaban J connectivity index is 1.86. The molecule has 4 nitrogen and oxygen atoms in total. The average Bonchev–Trinajstić information content (AvgIpc) is 2.86. The highest BCUT2D eigenvalue weighted by Crippen LogP contribution is 2.13. The first-order chi connectivity index (χ1) is 7.81. The monoisotopic (exact) mass is 236 g/mol. The van der Waals surface area contributed by atoms with Crippen molar-refractivity contribution in [2.75, 3.05) is 6.54 Å². The number of aromatic nitrogens is 3. The number of imidazole rings is 1. The first-order valence-electron chi connectivity index (χ1n) is 5.54. The van der Waals surface area contributed by atoms with Gasteiger partial charge in [0.2, 0.25) is 5.78 Å². The summed E-state index contributed by atoms with van der Waals surface area (Å²) < 4.78 is 1.88.